The van der Waals surface area contributed by atoms with Crippen molar-refractivity contribution < 1.29 is 9.59 Å². The minimum atomic E-state index is -0.519. The van der Waals surface area contributed by atoms with Crippen molar-refractivity contribution in [1.29, 1.82) is 0 Å². The van der Waals surface area contributed by atoms with E-state index in [2.05, 4.69) is 163 Å². The molecule has 2 aliphatic carbocycles. The molecule has 84 heavy (non-hydrogen) atoms. The van der Waals surface area contributed by atoms with Gasteiger partial charge >= 0.3 is 0 Å². The lowest BCUT2D eigenvalue weighted by Crippen LogP contribution is -2.40. The third kappa shape index (κ3) is 9.30. The van der Waals surface area contributed by atoms with E-state index in [1.54, 1.807) is 0 Å². The van der Waals surface area contributed by atoms with Gasteiger partial charge in [0.2, 0.25) is 11.8 Å². The van der Waals surface area contributed by atoms with Gasteiger partial charge in [-0.15, -0.1) is 0 Å². The van der Waals surface area contributed by atoms with Crippen LogP contribution in [0.2, 0.25) is 0 Å². The number of nitrogens with one attached hydrogen (secondary N) is 6. The van der Waals surface area contributed by atoms with E-state index in [-0.39, 0.29) is 28.7 Å². The monoisotopic (exact) mass is 1130 g/mol. The van der Waals surface area contributed by atoms with Gasteiger partial charge in [0, 0.05) is 86.9 Å². The van der Waals surface area contributed by atoms with Gasteiger partial charge in [0.05, 0.1) is 57.7 Å². The van der Waals surface area contributed by atoms with Gasteiger partial charge in [0.1, 0.15) is 0 Å². The molecule has 0 radical (unpaired) electrons. The highest BCUT2D eigenvalue weighted by molar-refractivity contribution is 6.11. The average molecular weight is 1130 g/mol. The van der Waals surface area contributed by atoms with Crippen LogP contribution in [0, 0.1) is 12.3 Å². The highest BCUT2D eigenvalue weighted by atomic mass is 16.2. The van der Waals surface area contributed by atoms with Crippen LogP contribution in [0.25, 0.3) is 50.2 Å². The molecule has 6 N–H and O–H groups in total. The molecule has 6 aliphatic rings. The summed E-state index contributed by atoms with van der Waals surface area (Å²) in [7, 11) is 0. The number of fused-ring (bicyclic) bond motifs is 15. The van der Waals surface area contributed by atoms with E-state index < -0.39 is 10.8 Å². The molecule has 2 amide bonds. The van der Waals surface area contributed by atoms with Crippen LogP contribution in [0.3, 0.4) is 0 Å². The Morgan fingerprint density at radius 2 is 1.20 bits per heavy atom. The minimum absolute atomic E-state index is 0.0438. The van der Waals surface area contributed by atoms with E-state index >= 15 is 0 Å². The van der Waals surface area contributed by atoms with Crippen molar-refractivity contribution in [2.24, 2.45) is 5.41 Å². The van der Waals surface area contributed by atoms with E-state index in [4.69, 9.17) is 0 Å². The largest absolute Gasteiger partial charge is 0.376 e. The summed E-state index contributed by atoms with van der Waals surface area (Å²) in [6.07, 6.45) is 16.8. The number of rotatable bonds is 6. The highest BCUT2D eigenvalue weighted by Crippen LogP contribution is 2.51. The van der Waals surface area contributed by atoms with Gasteiger partial charge in [-0.2, -0.15) is 15.3 Å². The zero-order chi connectivity index (χ0) is 59.5. The number of hydrogen-bond acceptors (Lipinski definition) is 7. The zero-order valence-corrected chi connectivity index (χ0v) is 52.6. The first-order valence-electron chi connectivity index (χ1n) is 31.5. The molecule has 0 bridgehead atoms. The number of amides is 2. The molecule has 14 nitrogen and oxygen atoms in total. The number of aromatic amines is 5. The summed E-state index contributed by atoms with van der Waals surface area (Å²) in [6.45, 7) is 37.4. The number of aryl methyl sites for hydroxylation is 5. The first-order valence-corrected chi connectivity index (χ1v) is 31.5. The SMILES string of the molecule is C=C1CCCc2c(n[nH]c2C)C(C)Nc2cc3c(cc21)N(CCC)C(=O)C3(C)C.CC(C)(C)CN1C(=O)C(C)(C)c2cc3[nH]c4c(c3cc21)CCCc1cn[nH]c1-4.CCC1(CC)CN(C(C)C)c2cc3c4c([nH]c3cc21)-c1[nH]ncc1CCC4. The van der Waals surface area contributed by atoms with E-state index in [0.29, 0.717) is 6.04 Å². The van der Waals surface area contributed by atoms with Crippen LogP contribution >= 0.6 is 0 Å². The summed E-state index contributed by atoms with van der Waals surface area (Å²) in [6, 6.07) is 14.4. The molecule has 0 saturated carbocycles. The third-order valence-electron chi connectivity index (χ3n) is 19.9. The second-order valence-electron chi connectivity index (χ2n) is 27.9. The Labute approximate surface area is 496 Å². The fourth-order valence-electron chi connectivity index (χ4n) is 15.0. The molecule has 14 rings (SSSR count). The maximum atomic E-state index is 13.2. The van der Waals surface area contributed by atoms with Gasteiger partial charge in [-0.3, -0.25) is 24.9 Å². The van der Waals surface area contributed by atoms with Crippen LogP contribution in [0.4, 0.5) is 22.7 Å². The molecule has 1 unspecified atom stereocenters. The van der Waals surface area contributed by atoms with Crippen LogP contribution < -0.4 is 20.0 Å². The van der Waals surface area contributed by atoms with E-state index in [1.165, 1.54) is 86.0 Å². The molecule has 0 spiro atoms. The lowest BCUT2D eigenvalue weighted by atomic mass is 9.77. The van der Waals surface area contributed by atoms with Crippen molar-refractivity contribution >= 4 is 61.9 Å². The smallest absolute Gasteiger partial charge is 0.237 e. The van der Waals surface area contributed by atoms with Crippen molar-refractivity contribution in [1.82, 2.24) is 40.6 Å². The summed E-state index contributed by atoms with van der Waals surface area (Å²) in [5.41, 5.74) is 26.0. The molecule has 0 saturated heterocycles. The van der Waals surface area contributed by atoms with Crippen molar-refractivity contribution in [3.8, 4) is 22.8 Å². The van der Waals surface area contributed by atoms with E-state index in [9.17, 15) is 9.59 Å². The summed E-state index contributed by atoms with van der Waals surface area (Å²) >= 11 is 0. The first kappa shape index (κ1) is 57.1. The Morgan fingerprint density at radius 1 is 0.667 bits per heavy atom. The molecule has 8 aromatic rings. The number of anilines is 4. The quantitative estimate of drug-likeness (QED) is 0.0961. The summed E-state index contributed by atoms with van der Waals surface area (Å²) in [4.78, 5) is 40.4. The highest BCUT2D eigenvalue weighted by Gasteiger charge is 2.47. The number of benzene rings is 3. The van der Waals surface area contributed by atoms with Crippen LogP contribution in [0.1, 0.15) is 202 Å². The predicted molar refractivity (Wildman–Crippen MR) is 345 cm³/mol. The standard InChI is InChI=1S/C24H32N4O.C23H28N4O.C23H30N4/c1-7-11-28-21-12-18-14(2)9-8-10-17-15(3)26-27-22(17)16(4)25-20(18)13-19(21)24(5,6)23(28)29;1-22(2,3)12-27-18-9-15-14-8-6-7-13-11-24-26-19(13)20(14)25-17(15)10-16(18)23(4,5)21(27)28;1-5-23(6-2)13-27(14(3)4)20-10-17-16-9-7-8-15-12-24-26-21(15)22(16)25-19(17)11-18(20)23/h12-13,16,25H,2,7-11H2,1,3-6H3,(H,26,27);9-11,25H,6-8,12H2,1-5H3,(H,24,26);10-12,14,25H,5-9,13H2,1-4H3,(H,24,26). The molecule has 5 aromatic heterocycles. The van der Waals surface area contributed by atoms with Crippen LogP contribution in [-0.2, 0) is 57.9 Å². The maximum Gasteiger partial charge on any atom is 0.237 e. The molecule has 4 aliphatic heterocycles. The topological polar surface area (TPSA) is 174 Å². The Morgan fingerprint density at radius 3 is 1.77 bits per heavy atom. The van der Waals surface area contributed by atoms with Crippen molar-refractivity contribution in [2.75, 3.05) is 39.7 Å². The third-order valence-corrected chi connectivity index (χ3v) is 19.9. The summed E-state index contributed by atoms with van der Waals surface area (Å²) in [5.74, 6) is 0.387. The Balaban J connectivity index is 0.000000124. The molecule has 1 atom stereocenters. The van der Waals surface area contributed by atoms with Gasteiger partial charge in [0.25, 0.3) is 0 Å². The normalized spacial score (nSPS) is 19.0. The number of H-pyrrole nitrogens is 5. The van der Waals surface area contributed by atoms with Gasteiger partial charge in [-0.05, 0) is 224 Å². The molecule has 14 heteroatoms. The Hall–Kier alpha value is -7.35. The molecule has 3 aromatic carbocycles. The fraction of sp³-hybridized carbons (Fsp3) is 0.500. The molecule has 0 fully saturated rings. The lowest BCUT2D eigenvalue weighted by molar-refractivity contribution is -0.122. The van der Waals surface area contributed by atoms with Crippen molar-refractivity contribution in [3.05, 3.63) is 117 Å². The molecule has 9 heterocycles. The first-order chi connectivity index (χ1) is 40.0. The van der Waals surface area contributed by atoms with Gasteiger partial charge in [-0.1, -0.05) is 48.1 Å². The number of aromatic nitrogens is 8. The second kappa shape index (κ2) is 21.0. The number of carbonyl (C=O) groups is 2. The van der Waals surface area contributed by atoms with Crippen LogP contribution in [-0.4, -0.2) is 78.1 Å². The Kier molecular flexibility index (Phi) is 14.3. The van der Waals surface area contributed by atoms with Crippen LogP contribution in [0.5, 0.6) is 0 Å². The van der Waals surface area contributed by atoms with Crippen molar-refractivity contribution in [3.63, 3.8) is 0 Å². The van der Waals surface area contributed by atoms with Gasteiger partial charge in [-0.25, -0.2) is 0 Å². The maximum absolute atomic E-state index is 13.2. The number of carbonyl (C=O) groups excluding carboxylic acids is 2. The molecular weight excluding hydrogens is 1040 g/mol. The molecular formula is C70H90N12O2. The van der Waals surface area contributed by atoms with Gasteiger partial charge < -0.3 is 30.0 Å². The lowest BCUT2D eigenvalue weighted by Gasteiger charge is -2.30. The number of hydrogen-bond donors (Lipinski definition) is 6. The zero-order valence-electron chi connectivity index (χ0n) is 52.6. The Bertz CT molecular complexity index is 3890. The number of allylic oxidation sites excluding steroid dienone is 1. The van der Waals surface area contributed by atoms with Crippen molar-refractivity contribution in [2.45, 2.75) is 202 Å². The predicted octanol–water partition coefficient (Wildman–Crippen LogP) is 15.3. The van der Waals surface area contributed by atoms with E-state index in [1.807, 2.05) is 49.9 Å². The van der Waals surface area contributed by atoms with E-state index in [0.717, 1.165) is 145 Å². The second-order valence-corrected chi connectivity index (χ2v) is 27.9. The van der Waals surface area contributed by atoms with Gasteiger partial charge in [0.15, 0.2) is 0 Å². The summed E-state index contributed by atoms with van der Waals surface area (Å²) in [5, 5.41) is 29.1. The average Bonchev–Trinajstić information content (AvgIpc) is 1.92. The fourth-order valence-corrected chi connectivity index (χ4v) is 15.0. The number of nitrogens with zero attached hydrogens (tertiary/aromatic N) is 6. The van der Waals surface area contributed by atoms with Crippen LogP contribution in [0.15, 0.2) is 55.4 Å². The molecule has 442 valence electrons. The minimum Gasteiger partial charge on any atom is -0.376 e. The summed E-state index contributed by atoms with van der Waals surface area (Å²) < 4.78 is 0.